The fourth-order valence-corrected chi connectivity index (χ4v) is 4.93. The number of aryl methyl sites for hydroxylation is 2. The molecule has 0 aliphatic carbocycles. The minimum atomic E-state index is -0.637. The molecule has 13 heteroatoms. The van der Waals surface area contributed by atoms with Crippen molar-refractivity contribution < 1.29 is 9.90 Å². The third-order valence-corrected chi connectivity index (χ3v) is 6.48. The molecule has 0 saturated carbocycles. The molecule has 1 aliphatic rings. The van der Waals surface area contributed by atoms with Crippen LogP contribution in [0, 0.1) is 19.3 Å². The Bertz CT molecular complexity index is 1300. The zero-order valence-corrected chi connectivity index (χ0v) is 21.1. The maximum atomic E-state index is 13.5. The smallest absolute Gasteiger partial charge is 0.278 e. The fourth-order valence-electron chi connectivity index (χ4n) is 3.58. The van der Waals surface area contributed by atoms with E-state index in [1.165, 1.54) is 11.1 Å². The lowest BCUT2D eigenvalue weighted by atomic mass is 10.2. The molecule has 0 radical (unpaired) electrons. The highest BCUT2D eigenvalue weighted by atomic mass is 35.5. The van der Waals surface area contributed by atoms with E-state index in [9.17, 15) is 9.90 Å². The Morgan fingerprint density at radius 2 is 2.09 bits per heavy atom. The van der Waals surface area contributed by atoms with Crippen molar-refractivity contribution in [2.24, 2.45) is 0 Å². The molecule has 0 bridgehead atoms. The Labute approximate surface area is 210 Å². The van der Waals surface area contributed by atoms with Gasteiger partial charge < -0.3 is 15.7 Å². The van der Waals surface area contributed by atoms with Gasteiger partial charge in [-0.05, 0) is 50.9 Å². The molecule has 0 saturated heterocycles. The zero-order valence-electron chi connectivity index (χ0n) is 18.8. The van der Waals surface area contributed by atoms with Gasteiger partial charge in [-0.3, -0.25) is 15.1 Å². The Balaban J connectivity index is 1.67. The van der Waals surface area contributed by atoms with E-state index in [4.69, 9.17) is 28.6 Å². The summed E-state index contributed by atoms with van der Waals surface area (Å²) in [6.07, 6.45) is 1.89. The number of amides is 1. The third kappa shape index (κ3) is 4.50. The second-order valence-corrected chi connectivity index (χ2v) is 9.74. The molecule has 178 valence electrons. The van der Waals surface area contributed by atoms with E-state index in [2.05, 4.69) is 30.0 Å². The molecule has 1 atom stereocenters. The summed E-state index contributed by atoms with van der Waals surface area (Å²) >= 11 is 13.8. The van der Waals surface area contributed by atoms with Gasteiger partial charge in [0.25, 0.3) is 5.91 Å². The summed E-state index contributed by atoms with van der Waals surface area (Å²) in [5, 5.41) is 25.0. The first-order chi connectivity index (χ1) is 16.1. The first kappa shape index (κ1) is 24.1. The van der Waals surface area contributed by atoms with Crippen LogP contribution in [0.3, 0.4) is 0 Å². The maximum Gasteiger partial charge on any atom is 0.278 e. The lowest BCUT2D eigenvalue weighted by Gasteiger charge is -2.22. The van der Waals surface area contributed by atoms with Crippen molar-refractivity contribution in [3.8, 4) is 5.88 Å². The average molecular weight is 521 g/mol. The largest absolute Gasteiger partial charge is 0.492 e. The van der Waals surface area contributed by atoms with Gasteiger partial charge in [-0.2, -0.15) is 4.37 Å². The van der Waals surface area contributed by atoms with Crippen LogP contribution >= 0.6 is 34.7 Å². The normalized spacial score (nSPS) is 14.9. The molecular formula is C21H22Cl2N8O2S. The van der Waals surface area contributed by atoms with Gasteiger partial charge in [0, 0.05) is 29.9 Å². The van der Waals surface area contributed by atoms with Crippen LogP contribution in [-0.4, -0.2) is 47.7 Å². The van der Waals surface area contributed by atoms with E-state index in [-0.39, 0.29) is 35.0 Å². The number of anilines is 3. The van der Waals surface area contributed by atoms with E-state index >= 15 is 0 Å². The number of aromatic hydroxyl groups is 1. The van der Waals surface area contributed by atoms with Crippen LogP contribution in [0.25, 0.3) is 0 Å². The first-order valence-electron chi connectivity index (χ1n) is 10.3. The van der Waals surface area contributed by atoms with Crippen molar-refractivity contribution >= 4 is 63.1 Å². The molecular weight excluding hydrogens is 499 g/mol. The van der Waals surface area contributed by atoms with Crippen LogP contribution in [0.5, 0.6) is 5.88 Å². The minimum Gasteiger partial charge on any atom is -0.492 e. The molecule has 1 unspecified atom stereocenters. The molecule has 0 aromatic carbocycles. The lowest BCUT2D eigenvalue weighted by molar-refractivity contribution is 0.0981. The summed E-state index contributed by atoms with van der Waals surface area (Å²) in [7, 11) is 0. The Hall–Kier alpha value is -3.02. The number of alkyl halides is 1. The number of rotatable bonds is 5. The number of nitrogens with one attached hydrogen (secondary N) is 3. The Morgan fingerprint density at radius 3 is 2.79 bits per heavy atom. The molecule has 3 aromatic heterocycles. The van der Waals surface area contributed by atoms with Crippen LogP contribution in [0.4, 0.5) is 16.6 Å². The van der Waals surface area contributed by atoms with E-state index < -0.39 is 11.4 Å². The molecule has 1 amide bonds. The Kier molecular flexibility index (Phi) is 6.61. The second kappa shape index (κ2) is 9.32. The zero-order chi connectivity index (χ0) is 24.7. The summed E-state index contributed by atoms with van der Waals surface area (Å²) < 4.78 is 3.92. The number of nitrogens with zero attached hydrogens (tertiary/aromatic N) is 5. The number of hydrogen-bond acceptors (Lipinski definition) is 9. The molecule has 4 rings (SSSR count). The van der Waals surface area contributed by atoms with Gasteiger partial charge in [-0.15, -0.1) is 0 Å². The number of carbonyl (C=O) groups excluding carboxylic acids is 1. The standard InChI is InChI=1S/C21H22Cl2N8O2S/c1-8(2)26-17(24)14-18(32)30-34-19(14)29-21-25-7-9(3)15(28-21)20(33)31-12-5-10(4)27-16(23)11(12)6-13(31)22/h5,7-8,13H,6H2,1-4H3,(H2,24,26)(H,30,32)(H,25,28,29). The minimum absolute atomic E-state index is 0.00618. The highest BCUT2D eigenvalue weighted by molar-refractivity contribution is 7.11. The van der Waals surface area contributed by atoms with E-state index in [1.807, 2.05) is 13.8 Å². The van der Waals surface area contributed by atoms with Crippen molar-refractivity contribution in [1.29, 1.82) is 5.41 Å². The number of hydrogen-bond donors (Lipinski definition) is 4. The van der Waals surface area contributed by atoms with Crippen LogP contribution in [0.2, 0.25) is 5.15 Å². The van der Waals surface area contributed by atoms with Crippen LogP contribution in [0.1, 0.15) is 46.7 Å². The van der Waals surface area contributed by atoms with Gasteiger partial charge in [0.05, 0.1) is 5.69 Å². The van der Waals surface area contributed by atoms with Gasteiger partial charge in [0.1, 0.15) is 32.7 Å². The van der Waals surface area contributed by atoms with Gasteiger partial charge >= 0.3 is 0 Å². The number of fused-ring (bicyclic) bond motifs is 1. The summed E-state index contributed by atoms with van der Waals surface area (Å²) in [5.74, 6) is -0.559. The van der Waals surface area contributed by atoms with Crippen LogP contribution < -0.4 is 15.5 Å². The van der Waals surface area contributed by atoms with Crippen molar-refractivity contribution in [1.82, 2.24) is 24.6 Å². The second-order valence-electron chi connectivity index (χ2n) is 8.10. The summed E-state index contributed by atoms with van der Waals surface area (Å²) in [6, 6.07) is 1.76. The highest BCUT2D eigenvalue weighted by Crippen LogP contribution is 2.39. The molecule has 4 N–H and O–H groups in total. The third-order valence-electron chi connectivity index (χ3n) is 5.07. The number of aromatic nitrogens is 4. The predicted molar refractivity (Wildman–Crippen MR) is 133 cm³/mol. The van der Waals surface area contributed by atoms with Gasteiger partial charge in [0.2, 0.25) is 11.8 Å². The number of amidine groups is 1. The van der Waals surface area contributed by atoms with Crippen molar-refractivity contribution in [2.75, 3.05) is 10.2 Å². The maximum absolute atomic E-state index is 13.5. The average Bonchev–Trinajstić information content (AvgIpc) is 3.27. The Morgan fingerprint density at radius 1 is 1.35 bits per heavy atom. The van der Waals surface area contributed by atoms with Gasteiger partial charge in [-0.1, -0.05) is 23.2 Å². The topological polar surface area (TPSA) is 140 Å². The molecule has 1 aliphatic heterocycles. The van der Waals surface area contributed by atoms with Gasteiger partial charge in [0.15, 0.2) is 0 Å². The molecule has 3 aromatic rings. The van der Waals surface area contributed by atoms with E-state index in [0.717, 1.165) is 11.5 Å². The summed E-state index contributed by atoms with van der Waals surface area (Å²) in [5.41, 5.74) is 2.27. The van der Waals surface area contributed by atoms with Crippen LogP contribution in [0.15, 0.2) is 12.3 Å². The molecule has 0 spiro atoms. The van der Waals surface area contributed by atoms with E-state index in [0.29, 0.717) is 39.1 Å². The number of carbonyl (C=O) groups is 1. The quantitative estimate of drug-likeness (QED) is 0.129. The lowest BCUT2D eigenvalue weighted by Crippen LogP contribution is -2.35. The highest BCUT2D eigenvalue weighted by Gasteiger charge is 2.36. The molecule has 34 heavy (non-hydrogen) atoms. The van der Waals surface area contributed by atoms with Gasteiger partial charge in [-0.25, -0.2) is 15.0 Å². The first-order valence-corrected chi connectivity index (χ1v) is 11.9. The molecule has 10 nitrogen and oxygen atoms in total. The molecule has 4 heterocycles. The fraction of sp³-hybridized carbons (Fsp3) is 0.333. The van der Waals surface area contributed by atoms with Crippen molar-refractivity contribution in [3.63, 3.8) is 0 Å². The number of pyridine rings is 1. The predicted octanol–water partition coefficient (Wildman–Crippen LogP) is 4.14. The summed E-state index contributed by atoms with van der Waals surface area (Å²) in [6.45, 7) is 7.28. The van der Waals surface area contributed by atoms with Crippen molar-refractivity contribution in [2.45, 2.75) is 45.7 Å². The molecule has 0 fully saturated rings. The summed E-state index contributed by atoms with van der Waals surface area (Å²) in [4.78, 5) is 27.9. The van der Waals surface area contributed by atoms with E-state index in [1.54, 1.807) is 19.9 Å². The van der Waals surface area contributed by atoms with Crippen molar-refractivity contribution in [3.05, 3.63) is 45.5 Å². The van der Waals surface area contributed by atoms with Crippen LogP contribution in [-0.2, 0) is 6.42 Å². The number of halogens is 2. The monoisotopic (exact) mass is 520 g/mol. The SMILES string of the molecule is Cc1cc2c(c(Cl)n1)CC(Cl)N2C(=O)c1nc(Nc2snc(O)c2C(=N)NC(C)C)ncc1C.